The molecule has 3 heterocycles. The van der Waals surface area contributed by atoms with Crippen LogP contribution in [0.3, 0.4) is 0 Å². The van der Waals surface area contributed by atoms with E-state index in [9.17, 15) is 9.90 Å². The molecule has 0 radical (unpaired) electrons. The molecular formula is C41H46O9. The van der Waals surface area contributed by atoms with Crippen LogP contribution in [-0.4, -0.2) is 67.7 Å². The highest BCUT2D eigenvalue weighted by atomic mass is 16.9. The summed E-state index contributed by atoms with van der Waals surface area (Å²) in [6.45, 7) is 4.05. The molecule has 0 saturated carbocycles. The van der Waals surface area contributed by atoms with Crippen LogP contribution in [0.25, 0.3) is 0 Å². The molecule has 4 aromatic rings. The van der Waals surface area contributed by atoms with Crippen molar-refractivity contribution in [1.29, 1.82) is 0 Å². The van der Waals surface area contributed by atoms with Gasteiger partial charge in [-0.25, -0.2) is 0 Å². The average molecular weight is 683 g/mol. The first-order chi connectivity index (χ1) is 24.4. The summed E-state index contributed by atoms with van der Waals surface area (Å²) in [6, 6.07) is 39.1. The average Bonchev–Trinajstić information content (AvgIpc) is 3.16. The van der Waals surface area contributed by atoms with E-state index >= 15 is 0 Å². The van der Waals surface area contributed by atoms with E-state index in [0.29, 0.717) is 26.4 Å². The second-order valence-corrected chi connectivity index (χ2v) is 13.3. The van der Waals surface area contributed by atoms with Gasteiger partial charge in [0.1, 0.15) is 18.3 Å². The maximum atomic E-state index is 13.8. The Bertz CT molecular complexity index is 1560. The zero-order chi connectivity index (χ0) is 34.7. The summed E-state index contributed by atoms with van der Waals surface area (Å²) in [4.78, 5) is 13.8. The molecule has 3 aliphatic rings. The quantitative estimate of drug-likeness (QED) is 0.127. The van der Waals surface area contributed by atoms with Crippen molar-refractivity contribution in [3.05, 3.63) is 144 Å². The van der Waals surface area contributed by atoms with Gasteiger partial charge in [0.05, 0.1) is 59.0 Å². The fraction of sp³-hybridized carbons (Fsp3) is 0.390. The zero-order valence-corrected chi connectivity index (χ0v) is 28.4. The van der Waals surface area contributed by atoms with Gasteiger partial charge < -0.3 is 38.3 Å². The van der Waals surface area contributed by atoms with Gasteiger partial charge in [0, 0.05) is 11.8 Å². The number of aliphatic hydroxyl groups is 1. The summed E-state index contributed by atoms with van der Waals surface area (Å²) >= 11 is 0. The molecule has 0 spiro atoms. The first-order valence-corrected chi connectivity index (χ1v) is 17.1. The minimum atomic E-state index is -1.86. The Morgan fingerprint density at radius 3 is 1.48 bits per heavy atom. The smallest absolute Gasteiger partial charge is 0.346 e. The number of fused-ring (bicyclic) bond motifs is 3. The molecule has 3 fully saturated rings. The van der Waals surface area contributed by atoms with Crippen LogP contribution in [-0.2, 0) is 64.4 Å². The van der Waals surface area contributed by atoms with E-state index in [2.05, 4.69) is 0 Å². The van der Waals surface area contributed by atoms with Crippen molar-refractivity contribution < 1.29 is 43.1 Å². The molecule has 50 heavy (non-hydrogen) atoms. The molecule has 4 atom stereocenters. The standard InChI is InChI=1S/C41H46O9/c1-40-28-48-41(49-29-40,50-30-40)37(43)22-35(42)38(46-25-33-18-10-4-11-19-33)39(47-26-34-20-12-5-13-21-34)36(45-24-32-16-8-3-9-17-32)27-44-23-31-14-6-2-7-15-31/h2-21,35-36,38-39,42H,22-30H2,1H3/t35-,36+,38-,39-,40?,41?/m0/s1. The Morgan fingerprint density at radius 1 is 0.620 bits per heavy atom. The van der Waals surface area contributed by atoms with Crippen LogP contribution in [0.2, 0.25) is 0 Å². The SMILES string of the molecule is CC12COC(C(=O)C[C@H](O)[C@H](OCc3ccccc3)[C@@H](OCc3ccccc3)[C@@H](COCc3ccccc3)OCc3ccccc3)(OC1)OC2. The largest absolute Gasteiger partial charge is 0.390 e. The lowest BCUT2D eigenvalue weighted by molar-refractivity contribution is -0.440. The van der Waals surface area contributed by atoms with Crippen molar-refractivity contribution in [3.8, 4) is 0 Å². The van der Waals surface area contributed by atoms with E-state index < -0.39 is 36.2 Å². The van der Waals surface area contributed by atoms with Gasteiger partial charge in [-0.15, -0.1) is 0 Å². The van der Waals surface area contributed by atoms with Crippen LogP contribution in [0, 0.1) is 5.41 Å². The van der Waals surface area contributed by atoms with Gasteiger partial charge in [0.25, 0.3) is 0 Å². The van der Waals surface area contributed by atoms with E-state index in [1.807, 2.05) is 128 Å². The number of benzene rings is 4. The maximum absolute atomic E-state index is 13.8. The van der Waals surface area contributed by atoms with Crippen LogP contribution in [0.15, 0.2) is 121 Å². The molecule has 3 saturated heterocycles. The minimum absolute atomic E-state index is 0.130. The van der Waals surface area contributed by atoms with Gasteiger partial charge in [0.2, 0.25) is 5.78 Å². The zero-order valence-electron chi connectivity index (χ0n) is 28.4. The molecule has 0 aliphatic carbocycles. The Balaban J connectivity index is 1.29. The second kappa shape index (κ2) is 17.4. The number of rotatable bonds is 19. The third-order valence-corrected chi connectivity index (χ3v) is 8.91. The third kappa shape index (κ3) is 9.72. The number of ketones is 1. The molecule has 9 heteroatoms. The Kier molecular flexibility index (Phi) is 12.6. The lowest BCUT2D eigenvalue weighted by atomic mass is 9.90. The van der Waals surface area contributed by atoms with Gasteiger partial charge in [-0.2, -0.15) is 0 Å². The van der Waals surface area contributed by atoms with Gasteiger partial charge in [-0.1, -0.05) is 128 Å². The summed E-state index contributed by atoms with van der Waals surface area (Å²) in [6.07, 6.45) is -4.32. The number of carbonyl (C=O) groups excluding carboxylic acids is 1. The van der Waals surface area contributed by atoms with E-state index in [1.165, 1.54) is 0 Å². The predicted molar refractivity (Wildman–Crippen MR) is 185 cm³/mol. The number of ether oxygens (including phenoxy) is 7. The minimum Gasteiger partial charge on any atom is -0.390 e. The number of carbonyl (C=O) groups is 1. The van der Waals surface area contributed by atoms with Crippen molar-refractivity contribution in [3.63, 3.8) is 0 Å². The number of Topliss-reactive ketones (excluding diaryl/α,β-unsaturated/α-hetero) is 1. The van der Waals surface area contributed by atoms with Crippen LogP contribution >= 0.6 is 0 Å². The molecule has 0 amide bonds. The first kappa shape index (κ1) is 36.0. The molecule has 7 rings (SSSR count). The fourth-order valence-corrected chi connectivity index (χ4v) is 5.98. The maximum Gasteiger partial charge on any atom is 0.346 e. The Morgan fingerprint density at radius 2 is 1.02 bits per heavy atom. The second-order valence-electron chi connectivity index (χ2n) is 13.3. The number of aliphatic hydroxyl groups excluding tert-OH is 1. The van der Waals surface area contributed by atoms with Crippen molar-refractivity contribution in [2.45, 2.75) is 70.2 Å². The normalized spacial score (nSPS) is 22.4. The van der Waals surface area contributed by atoms with Gasteiger partial charge >= 0.3 is 5.97 Å². The van der Waals surface area contributed by atoms with Gasteiger partial charge in [0.15, 0.2) is 0 Å². The van der Waals surface area contributed by atoms with Crippen LogP contribution < -0.4 is 0 Å². The molecule has 0 unspecified atom stereocenters. The Labute approximate surface area is 294 Å². The molecule has 264 valence electrons. The van der Waals surface area contributed by atoms with E-state index in [1.54, 1.807) is 0 Å². The molecule has 0 aromatic heterocycles. The summed E-state index contributed by atoms with van der Waals surface area (Å²) in [5.74, 6) is -2.38. The molecule has 9 nitrogen and oxygen atoms in total. The van der Waals surface area contributed by atoms with Crippen molar-refractivity contribution >= 4 is 5.78 Å². The monoisotopic (exact) mass is 682 g/mol. The van der Waals surface area contributed by atoms with Crippen LogP contribution in [0.1, 0.15) is 35.6 Å². The van der Waals surface area contributed by atoms with E-state index in [-0.39, 0.29) is 38.3 Å². The van der Waals surface area contributed by atoms with Crippen molar-refractivity contribution in [2.24, 2.45) is 5.41 Å². The van der Waals surface area contributed by atoms with Crippen molar-refractivity contribution in [2.75, 3.05) is 26.4 Å². The van der Waals surface area contributed by atoms with Gasteiger partial charge in [-0.05, 0) is 22.3 Å². The number of hydrogen-bond acceptors (Lipinski definition) is 9. The first-order valence-electron chi connectivity index (χ1n) is 17.1. The fourth-order valence-electron chi connectivity index (χ4n) is 5.98. The highest BCUT2D eigenvalue weighted by Gasteiger charge is 2.56. The highest BCUT2D eigenvalue weighted by molar-refractivity contribution is 5.85. The van der Waals surface area contributed by atoms with E-state index in [4.69, 9.17) is 33.2 Å². The molecular weight excluding hydrogens is 636 g/mol. The highest BCUT2D eigenvalue weighted by Crippen LogP contribution is 2.39. The summed E-state index contributed by atoms with van der Waals surface area (Å²) < 4.78 is 43.5. The predicted octanol–water partition coefficient (Wildman–Crippen LogP) is 6.02. The summed E-state index contributed by atoms with van der Waals surface area (Å²) in [5, 5.41) is 12.0. The van der Waals surface area contributed by atoms with E-state index in [0.717, 1.165) is 22.3 Å². The molecule has 2 bridgehead atoms. The third-order valence-electron chi connectivity index (χ3n) is 8.91. The van der Waals surface area contributed by atoms with Gasteiger partial charge in [-0.3, -0.25) is 4.79 Å². The van der Waals surface area contributed by atoms with Crippen LogP contribution in [0.4, 0.5) is 0 Å². The number of hydrogen-bond donors (Lipinski definition) is 1. The summed E-state index contributed by atoms with van der Waals surface area (Å²) in [5.41, 5.74) is 3.48. The lowest BCUT2D eigenvalue weighted by Crippen LogP contribution is -2.63. The molecule has 4 aromatic carbocycles. The summed E-state index contributed by atoms with van der Waals surface area (Å²) in [7, 11) is 0. The molecule has 1 N–H and O–H groups in total. The topological polar surface area (TPSA) is 102 Å². The lowest BCUT2D eigenvalue weighted by Gasteiger charge is -2.49. The van der Waals surface area contributed by atoms with Crippen LogP contribution in [0.5, 0.6) is 0 Å². The van der Waals surface area contributed by atoms with Crippen molar-refractivity contribution in [1.82, 2.24) is 0 Å². The Hall–Kier alpha value is -3.77. The molecule has 3 aliphatic heterocycles.